The summed E-state index contributed by atoms with van der Waals surface area (Å²) in [6.07, 6.45) is 4.33. The molecule has 254 valence electrons. The number of aliphatic hydroxyl groups excluding tert-OH is 1. The number of thioether (sulfide) groups is 1. The topological polar surface area (TPSA) is 97.7 Å². The molecule has 1 aromatic carbocycles. The second-order valence-electron chi connectivity index (χ2n) is 15.6. The van der Waals surface area contributed by atoms with E-state index in [1.54, 1.807) is 58.0 Å². The Morgan fingerprint density at radius 3 is 2.34 bits per heavy atom. The van der Waals surface area contributed by atoms with Gasteiger partial charge in [0.15, 0.2) is 22.8 Å². The van der Waals surface area contributed by atoms with Crippen LogP contribution in [-0.2, 0) is 19.1 Å². The summed E-state index contributed by atoms with van der Waals surface area (Å²) in [7, 11) is 0. The standard InChI is InChI=1S/C38H46F2O6S/c1-22-18-26-27-20-29(39)28-19-25(41)16-17-35(28,4)37(27,40)30(42)21-36(26,5)38(22,46-32(44)24-14-10-7-11-15-24)33(45)47-34(2,3)31(43)23-12-8-6-9-13-23/h6,8-9,12-13,16-17,19,22,24,26-27,29-30,42H,7,10-11,14-15,18,20-21H2,1-5H3/t22-,26+,27+,29+,30+,35+,36+,37+,38+/m1/s1. The fraction of sp³-hybridized carbons (Fsp3) is 0.632. The van der Waals surface area contributed by atoms with Crippen molar-refractivity contribution < 1.29 is 37.8 Å². The number of alkyl halides is 2. The fourth-order valence-electron chi connectivity index (χ4n) is 10.1. The van der Waals surface area contributed by atoms with E-state index in [1.165, 1.54) is 12.2 Å². The van der Waals surface area contributed by atoms with Gasteiger partial charge in [-0.3, -0.25) is 19.2 Å². The number of fused-ring (bicyclic) bond motifs is 5. The zero-order valence-corrected chi connectivity index (χ0v) is 28.7. The van der Waals surface area contributed by atoms with Gasteiger partial charge in [0.1, 0.15) is 6.17 Å². The van der Waals surface area contributed by atoms with E-state index in [0.717, 1.165) is 37.1 Å². The number of esters is 1. The van der Waals surface area contributed by atoms with Crippen molar-refractivity contribution in [1.82, 2.24) is 0 Å². The first-order valence-corrected chi connectivity index (χ1v) is 17.9. The molecule has 47 heavy (non-hydrogen) atoms. The summed E-state index contributed by atoms with van der Waals surface area (Å²) >= 11 is 0.823. The second-order valence-corrected chi connectivity index (χ2v) is 17.2. The van der Waals surface area contributed by atoms with Gasteiger partial charge < -0.3 is 9.84 Å². The minimum Gasteiger partial charge on any atom is -0.449 e. The SMILES string of the molecule is C[C@@H]1C[C@H]2[C@@H]3C[C@H](F)C4=CC(=O)C=C[C@]4(C)[C@@]3(F)[C@@H](O)C[C@]2(C)[C@@]1(OC(=O)C1CCCCC1)C(=O)SC(C)(C)C(=O)c1ccccc1. The van der Waals surface area contributed by atoms with Crippen LogP contribution in [0.25, 0.3) is 0 Å². The van der Waals surface area contributed by atoms with Gasteiger partial charge in [0, 0.05) is 28.2 Å². The van der Waals surface area contributed by atoms with Crippen LogP contribution < -0.4 is 0 Å². The van der Waals surface area contributed by atoms with Crippen LogP contribution in [0.3, 0.4) is 0 Å². The molecule has 0 bridgehead atoms. The Kier molecular flexibility index (Phi) is 8.55. The molecule has 6 rings (SSSR count). The number of ether oxygens (including phenoxy) is 1. The van der Waals surface area contributed by atoms with Crippen molar-refractivity contribution in [2.24, 2.45) is 34.5 Å². The van der Waals surface area contributed by atoms with Crippen LogP contribution in [0.1, 0.15) is 96.3 Å². The van der Waals surface area contributed by atoms with Gasteiger partial charge in [-0.15, -0.1) is 0 Å². The van der Waals surface area contributed by atoms with E-state index in [2.05, 4.69) is 0 Å². The molecule has 0 unspecified atom stereocenters. The first-order valence-electron chi connectivity index (χ1n) is 17.1. The Morgan fingerprint density at radius 1 is 1.02 bits per heavy atom. The number of allylic oxidation sites excluding steroid dienone is 4. The van der Waals surface area contributed by atoms with Gasteiger partial charge in [-0.05, 0) is 76.5 Å². The number of ketones is 2. The molecule has 4 saturated carbocycles. The van der Waals surface area contributed by atoms with Crippen LogP contribution in [0, 0.1) is 34.5 Å². The van der Waals surface area contributed by atoms with Gasteiger partial charge in [-0.2, -0.15) is 0 Å². The summed E-state index contributed by atoms with van der Waals surface area (Å²) in [5.74, 6) is -3.82. The maximum absolute atomic E-state index is 17.9. The molecule has 5 aliphatic carbocycles. The largest absolute Gasteiger partial charge is 0.449 e. The molecule has 0 amide bonds. The predicted octanol–water partition coefficient (Wildman–Crippen LogP) is 7.33. The summed E-state index contributed by atoms with van der Waals surface area (Å²) < 4.78 is 39.2. The summed E-state index contributed by atoms with van der Waals surface area (Å²) in [4.78, 5) is 54.9. The number of hydrogen-bond donors (Lipinski definition) is 1. The van der Waals surface area contributed by atoms with E-state index in [4.69, 9.17) is 4.74 Å². The molecule has 1 aromatic rings. The number of carbonyl (C=O) groups is 4. The van der Waals surface area contributed by atoms with Gasteiger partial charge in [0.2, 0.25) is 5.12 Å². The Bertz CT molecular complexity index is 1530. The zero-order chi connectivity index (χ0) is 34.2. The van der Waals surface area contributed by atoms with Crippen LogP contribution in [0.2, 0.25) is 0 Å². The lowest BCUT2D eigenvalue weighted by atomic mass is 9.44. The van der Waals surface area contributed by atoms with Crippen molar-refractivity contribution in [2.45, 2.75) is 114 Å². The number of halogens is 2. The Morgan fingerprint density at radius 2 is 1.68 bits per heavy atom. The van der Waals surface area contributed by atoms with Gasteiger partial charge >= 0.3 is 5.97 Å². The number of rotatable bonds is 6. The van der Waals surface area contributed by atoms with Crippen LogP contribution >= 0.6 is 11.8 Å². The van der Waals surface area contributed by atoms with Crippen LogP contribution in [0.4, 0.5) is 8.78 Å². The van der Waals surface area contributed by atoms with Crippen LogP contribution in [0.5, 0.6) is 0 Å². The van der Waals surface area contributed by atoms with Crippen molar-refractivity contribution in [3.8, 4) is 0 Å². The molecule has 1 N–H and O–H groups in total. The number of hydrogen-bond acceptors (Lipinski definition) is 7. The highest BCUT2D eigenvalue weighted by Gasteiger charge is 2.78. The highest BCUT2D eigenvalue weighted by molar-refractivity contribution is 8.15. The Balaban J connectivity index is 1.43. The summed E-state index contributed by atoms with van der Waals surface area (Å²) in [5, 5.41) is 11.4. The molecule has 0 spiro atoms. The van der Waals surface area contributed by atoms with Crippen molar-refractivity contribution in [3.05, 3.63) is 59.7 Å². The first kappa shape index (κ1) is 34.2. The lowest BCUT2D eigenvalue weighted by Crippen LogP contribution is -2.71. The molecule has 0 radical (unpaired) electrons. The third-order valence-corrected chi connectivity index (χ3v) is 13.8. The van der Waals surface area contributed by atoms with Crippen molar-refractivity contribution in [1.29, 1.82) is 0 Å². The van der Waals surface area contributed by atoms with Gasteiger partial charge in [-0.1, -0.05) is 81.3 Å². The average Bonchev–Trinajstić information content (AvgIpc) is 3.26. The normalized spacial score (nSPS) is 40.1. The van der Waals surface area contributed by atoms with Crippen molar-refractivity contribution in [3.63, 3.8) is 0 Å². The molecule has 5 aliphatic rings. The average molecular weight is 669 g/mol. The third kappa shape index (κ3) is 4.95. The second kappa shape index (κ2) is 11.7. The lowest BCUT2D eigenvalue weighted by Gasteiger charge is -2.63. The Hall–Kier alpha value is -2.65. The molecule has 0 aliphatic heterocycles. The number of Topliss-reactive ketones (excluding diaryl/α,β-unsaturated/α-hetero) is 1. The molecule has 0 heterocycles. The number of carbonyl (C=O) groups excluding carboxylic acids is 4. The highest BCUT2D eigenvalue weighted by atomic mass is 32.2. The van der Waals surface area contributed by atoms with Gasteiger partial charge in [0.25, 0.3) is 0 Å². The predicted molar refractivity (Wildman–Crippen MR) is 176 cm³/mol. The van der Waals surface area contributed by atoms with Gasteiger partial charge in [-0.25, -0.2) is 8.78 Å². The molecule has 9 heteroatoms. The van der Waals surface area contributed by atoms with E-state index in [9.17, 15) is 24.3 Å². The van der Waals surface area contributed by atoms with Crippen LogP contribution in [-0.4, -0.2) is 56.1 Å². The fourth-order valence-corrected chi connectivity index (χ4v) is 11.4. The minimum absolute atomic E-state index is 0.0280. The lowest BCUT2D eigenvalue weighted by molar-refractivity contribution is -0.230. The molecular formula is C38H46F2O6S. The smallest absolute Gasteiger partial charge is 0.309 e. The van der Waals surface area contributed by atoms with Crippen LogP contribution in [0.15, 0.2) is 54.1 Å². The number of aliphatic hydroxyl groups is 1. The van der Waals surface area contributed by atoms with Crippen molar-refractivity contribution in [2.75, 3.05) is 0 Å². The first-order chi connectivity index (χ1) is 22.0. The van der Waals surface area contributed by atoms with E-state index < -0.39 is 73.7 Å². The van der Waals surface area contributed by atoms with E-state index in [0.29, 0.717) is 18.4 Å². The zero-order valence-electron chi connectivity index (χ0n) is 27.9. The molecule has 4 fully saturated rings. The molecular weight excluding hydrogens is 622 g/mol. The van der Waals surface area contributed by atoms with E-state index in [1.807, 2.05) is 6.92 Å². The minimum atomic E-state index is -2.33. The molecule has 0 aromatic heterocycles. The molecule has 0 saturated heterocycles. The highest BCUT2D eigenvalue weighted by Crippen LogP contribution is 2.72. The number of benzene rings is 1. The van der Waals surface area contributed by atoms with E-state index in [-0.39, 0.29) is 36.5 Å². The third-order valence-electron chi connectivity index (χ3n) is 12.6. The maximum Gasteiger partial charge on any atom is 0.309 e. The maximum atomic E-state index is 17.9. The summed E-state index contributed by atoms with van der Waals surface area (Å²) in [6.45, 7) is 8.48. The Labute approximate surface area is 280 Å². The van der Waals surface area contributed by atoms with E-state index >= 15 is 8.78 Å². The quantitative estimate of drug-likeness (QED) is 0.250. The molecule has 6 nitrogen and oxygen atoms in total. The molecule has 9 atom stereocenters. The summed E-state index contributed by atoms with van der Waals surface area (Å²) in [6, 6.07) is 8.68. The van der Waals surface area contributed by atoms with Gasteiger partial charge in [0.05, 0.1) is 16.8 Å². The monoisotopic (exact) mass is 668 g/mol. The summed E-state index contributed by atoms with van der Waals surface area (Å²) in [5.41, 5.74) is -6.49. The van der Waals surface area contributed by atoms with Crippen molar-refractivity contribution >= 4 is 34.4 Å².